The van der Waals surface area contributed by atoms with Gasteiger partial charge in [0, 0.05) is 19.2 Å². The van der Waals surface area contributed by atoms with E-state index in [-0.39, 0.29) is 11.8 Å². The molecule has 2 amide bonds. The van der Waals surface area contributed by atoms with Crippen LogP contribution in [0, 0.1) is 6.92 Å². The second-order valence-electron chi connectivity index (χ2n) is 6.69. The number of nitrogens with zero attached hydrogens (tertiary/aromatic N) is 1. The first kappa shape index (κ1) is 19.4. The van der Waals surface area contributed by atoms with Gasteiger partial charge in [-0.2, -0.15) is 0 Å². The summed E-state index contributed by atoms with van der Waals surface area (Å²) in [4.78, 5) is 27.2. The molecule has 28 heavy (non-hydrogen) atoms. The van der Waals surface area contributed by atoms with Crippen LogP contribution in [0.15, 0.2) is 78.9 Å². The maximum Gasteiger partial charge on any atom is 0.258 e. The fraction of sp³-hybridized carbons (Fsp3) is 0.167. The predicted octanol–water partition coefficient (Wildman–Crippen LogP) is 4.24. The Morgan fingerprint density at radius 3 is 2.14 bits per heavy atom. The second kappa shape index (κ2) is 9.00. The van der Waals surface area contributed by atoms with Crippen molar-refractivity contribution in [2.75, 3.05) is 18.5 Å². The Hall–Kier alpha value is -3.40. The maximum absolute atomic E-state index is 12.9. The van der Waals surface area contributed by atoms with Gasteiger partial charge in [0.05, 0.1) is 11.3 Å². The van der Waals surface area contributed by atoms with E-state index in [0.717, 1.165) is 12.0 Å². The molecule has 1 N–H and O–H groups in total. The van der Waals surface area contributed by atoms with Gasteiger partial charge in [-0.3, -0.25) is 9.59 Å². The first-order valence-electron chi connectivity index (χ1n) is 9.33. The monoisotopic (exact) mass is 372 g/mol. The van der Waals surface area contributed by atoms with Crippen LogP contribution in [0.3, 0.4) is 0 Å². The molecule has 0 aliphatic rings. The van der Waals surface area contributed by atoms with Crippen molar-refractivity contribution in [2.24, 2.45) is 0 Å². The first-order chi connectivity index (χ1) is 13.6. The van der Waals surface area contributed by atoms with Crippen molar-refractivity contribution in [1.29, 1.82) is 0 Å². The Bertz CT molecular complexity index is 967. The van der Waals surface area contributed by atoms with E-state index < -0.39 is 0 Å². The van der Waals surface area contributed by atoms with Crippen molar-refractivity contribution in [2.45, 2.75) is 13.3 Å². The number of carbonyl (C=O) groups is 2. The summed E-state index contributed by atoms with van der Waals surface area (Å²) in [5.74, 6) is -0.321. The number of aryl methyl sites for hydroxylation is 1. The van der Waals surface area contributed by atoms with Crippen LogP contribution in [-0.2, 0) is 6.42 Å². The highest BCUT2D eigenvalue weighted by atomic mass is 16.2. The molecule has 0 aromatic heterocycles. The van der Waals surface area contributed by atoms with Gasteiger partial charge in [-0.15, -0.1) is 0 Å². The molecule has 0 unspecified atom stereocenters. The largest absolute Gasteiger partial charge is 0.352 e. The first-order valence-corrected chi connectivity index (χ1v) is 9.33. The van der Waals surface area contributed by atoms with E-state index in [9.17, 15) is 9.59 Å². The summed E-state index contributed by atoms with van der Waals surface area (Å²) in [5, 5.41) is 2.96. The minimum absolute atomic E-state index is 0.136. The van der Waals surface area contributed by atoms with E-state index in [2.05, 4.69) is 5.32 Å². The molecule has 3 aromatic rings. The average Bonchev–Trinajstić information content (AvgIpc) is 2.74. The van der Waals surface area contributed by atoms with E-state index in [4.69, 9.17) is 0 Å². The third-order valence-corrected chi connectivity index (χ3v) is 4.73. The van der Waals surface area contributed by atoms with E-state index in [1.807, 2.05) is 67.6 Å². The van der Waals surface area contributed by atoms with E-state index in [0.29, 0.717) is 23.4 Å². The van der Waals surface area contributed by atoms with E-state index >= 15 is 0 Å². The number of carbonyl (C=O) groups excluding carboxylic acids is 2. The molecule has 0 saturated heterocycles. The molecule has 0 fully saturated rings. The molecule has 3 aromatic carbocycles. The molecule has 0 atom stereocenters. The summed E-state index contributed by atoms with van der Waals surface area (Å²) in [6, 6.07) is 24.6. The van der Waals surface area contributed by atoms with Gasteiger partial charge in [0.15, 0.2) is 0 Å². The number of amides is 2. The van der Waals surface area contributed by atoms with Gasteiger partial charge in [-0.25, -0.2) is 0 Å². The second-order valence-corrected chi connectivity index (χ2v) is 6.69. The van der Waals surface area contributed by atoms with Crippen molar-refractivity contribution >= 4 is 17.5 Å². The Morgan fingerprint density at radius 2 is 1.43 bits per heavy atom. The molecule has 0 spiro atoms. The van der Waals surface area contributed by atoms with Gasteiger partial charge in [-0.05, 0) is 42.7 Å². The molecule has 0 radical (unpaired) electrons. The lowest BCUT2D eigenvalue weighted by atomic mass is 10.1. The van der Waals surface area contributed by atoms with Crippen molar-refractivity contribution in [3.8, 4) is 0 Å². The topological polar surface area (TPSA) is 49.4 Å². The zero-order valence-electron chi connectivity index (χ0n) is 16.2. The number of nitrogens with one attached hydrogen (secondary N) is 1. The highest BCUT2D eigenvalue weighted by Crippen LogP contribution is 2.22. The van der Waals surface area contributed by atoms with Crippen LogP contribution in [0.1, 0.15) is 31.8 Å². The zero-order valence-corrected chi connectivity index (χ0v) is 16.2. The predicted molar refractivity (Wildman–Crippen MR) is 113 cm³/mol. The molecule has 4 nitrogen and oxygen atoms in total. The van der Waals surface area contributed by atoms with Gasteiger partial charge < -0.3 is 10.2 Å². The SMILES string of the molecule is Cc1ccccc1C(=O)N(C)c1ccccc1C(=O)NCCc1ccccc1. The van der Waals surface area contributed by atoms with Crippen molar-refractivity contribution in [3.63, 3.8) is 0 Å². The number of rotatable bonds is 6. The normalized spacial score (nSPS) is 10.4. The van der Waals surface area contributed by atoms with E-state index in [1.165, 1.54) is 10.5 Å². The fourth-order valence-electron chi connectivity index (χ4n) is 3.12. The molecule has 0 aliphatic carbocycles. The van der Waals surface area contributed by atoms with Crippen LogP contribution < -0.4 is 10.2 Å². The number of para-hydroxylation sites is 1. The van der Waals surface area contributed by atoms with Crippen LogP contribution >= 0.6 is 0 Å². The molecule has 0 bridgehead atoms. The number of benzene rings is 3. The van der Waals surface area contributed by atoms with Crippen LogP contribution in [0.2, 0.25) is 0 Å². The van der Waals surface area contributed by atoms with Crippen molar-refractivity contribution in [1.82, 2.24) is 5.32 Å². The summed E-state index contributed by atoms with van der Waals surface area (Å²) in [6.45, 7) is 2.44. The summed E-state index contributed by atoms with van der Waals surface area (Å²) in [7, 11) is 1.70. The third kappa shape index (κ3) is 4.46. The number of hydrogen-bond acceptors (Lipinski definition) is 2. The molecule has 0 aliphatic heterocycles. The van der Waals surface area contributed by atoms with E-state index in [1.54, 1.807) is 25.2 Å². The minimum atomic E-state index is -0.184. The highest BCUT2D eigenvalue weighted by molar-refractivity contribution is 6.10. The summed E-state index contributed by atoms with van der Waals surface area (Å²) in [5.41, 5.74) is 3.78. The van der Waals surface area contributed by atoms with Gasteiger partial charge in [0.1, 0.15) is 0 Å². The molecule has 0 heterocycles. The Morgan fingerprint density at radius 1 is 0.821 bits per heavy atom. The third-order valence-electron chi connectivity index (χ3n) is 4.73. The molecule has 142 valence electrons. The summed E-state index contributed by atoms with van der Waals surface area (Å²) < 4.78 is 0. The fourth-order valence-corrected chi connectivity index (χ4v) is 3.12. The number of hydrogen-bond donors (Lipinski definition) is 1. The molecule has 4 heteroatoms. The summed E-state index contributed by atoms with van der Waals surface area (Å²) >= 11 is 0. The van der Waals surface area contributed by atoms with Gasteiger partial charge in [0.2, 0.25) is 0 Å². The lowest BCUT2D eigenvalue weighted by Gasteiger charge is -2.21. The van der Waals surface area contributed by atoms with Gasteiger partial charge in [-0.1, -0.05) is 60.7 Å². The quantitative estimate of drug-likeness (QED) is 0.703. The summed E-state index contributed by atoms with van der Waals surface area (Å²) in [6.07, 6.45) is 0.757. The minimum Gasteiger partial charge on any atom is -0.352 e. The Labute approximate surface area is 165 Å². The van der Waals surface area contributed by atoms with Crippen LogP contribution in [-0.4, -0.2) is 25.4 Å². The van der Waals surface area contributed by atoms with Crippen molar-refractivity contribution in [3.05, 3.63) is 101 Å². The Kier molecular flexibility index (Phi) is 6.22. The Balaban J connectivity index is 1.74. The molecule has 0 saturated carbocycles. The smallest absolute Gasteiger partial charge is 0.258 e. The van der Waals surface area contributed by atoms with Gasteiger partial charge >= 0.3 is 0 Å². The lowest BCUT2D eigenvalue weighted by molar-refractivity contribution is 0.0954. The lowest BCUT2D eigenvalue weighted by Crippen LogP contribution is -2.31. The highest BCUT2D eigenvalue weighted by Gasteiger charge is 2.20. The van der Waals surface area contributed by atoms with Crippen molar-refractivity contribution < 1.29 is 9.59 Å². The van der Waals surface area contributed by atoms with Gasteiger partial charge in [0.25, 0.3) is 11.8 Å². The molecular formula is C24H24N2O2. The molecule has 3 rings (SSSR count). The van der Waals surface area contributed by atoms with Crippen LogP contribution in [0.5, 0.6) is 0 Å². The van der Waals surface area contributed by atoms with Crippen LogP contribution in [0.4, 0.5) is 5.69 Å². The standard InChI is InChI=1S/C24H24N2O2/c1-18-10-6-7-13-20(18)24(28)26(2)22-15-9-8-14-21(22)23(27)25-17-16-19-11-4-3-5-12-19/h3-15H,16-17H2,1-2H3,(H,25,27). The zero-order chi connectivity index (χ0) is 19.9. The maximum atomic E-state index is 12.9. The van der Waals surface area contributed by atoms with Crippen LogP contribution in [0.25, 0.3) is 0 Å². The molecular weight excluding hydrogens is 348 g/mol. The number of anilines is 1. The average molecular weight is 372 g/mol.